The van der Waals surface area contributed by atoms with Crippen LogP contribution in [0, 0.1) is 0 Å². The first-order valence-electron chi connectivity index (χ1n) is 33.0. The molecule has 3 heterocycles. The molecule has 0 fully saturated rings. The van der Waals surface area contributed by atoms with E-state index in [9.17, 15) is 0 Å². The van der Waals surface area contributed by atoms with Crippen LogP contribution in [0.25, 0.3) is 149 Å². The van der Waals surface area contributed by atoms with Crippen molar-refractivity contribution in [3.63, 3.8) is 0 Å². The normalized spacial score (nSPS) is 12.6. The molecule has 0 saturated heterocycles. The zero-order valence-electron chi connectivity index (χ0n) is 52.6. The molecule has 0 spiro atoms. The summed E-state index contributed by atoms with van der Waals surface area (Å²) in [7, 11) is 0. The smallest absolute Gasteiger partial charge is 0.0547 e. The molecule has 3 aromatic heterocycles. The van der Waals surface area contributed by atoms with Crippen molar-refractivity contribution in [1.29, 1.82) is 0 Å². The second-order valence-corrected chi connectivity index (χ2v) is 26.0. The molecule has 18 aromatic rings. The third kappa shape index (κ3) is 8.61. The lowest BCUT2D eigenvalue weighted by atomic mass is 9.81. The maximum atomic E-state index is 2.49. The molecule has 0 atom stereocenters. The molecule has 1 aliphatic carbocycles. The highest BCUT2D eigenvalue weighted by Gasteiger charge is 2.37. The van der Waals surface area contributed by atoms with E-state index in [4.69, 9.17) is 0 Å². The maximum absolute atomic E-state index is 2.49. The number of aromatic nitrogens is 3. The predicted octanol–water partition coefficient (Wildman–Crippen LogP) is 24.6. The second kappa shape index (κ2) is 21.4. The van der Waals surface area contributed by atoms with E-state index in [0.717, 1.165) is 39.7 Å². The molecule has 0 aliphatic heterocycles. The summed E-state index contributed by atoms with van der Waals surface area (Å²) in [6, 6.07) is 126. The molecule has 95 heavy (non-hydrogen) atoms. The first-order chi connectivity index (χ1) is 46.9. The zero-order chi connectivity index (χ0) is 62.9. The van der Waals surface area contributed by atoms with Gasteiger partial charge in [0.05, 0.1) is 38.8 Å². The van der Waals surface area contributed by atoms with E-state index in [2.05, 4.69) is 372 Å². The number of hydrogen-bond acceptors (Lipinski definition) is 1. The van der Waals surface area contributed by atoms with Gasteiger partial charge in [0.25, 0.3) is 0 Å². The summed E-state index contributed by atoms with van der Waals surface area (Å²) in [5.41, 5.74) is 28.4. The average Bonchev–Trinajstić information content (AvgIpc) is 1.54. The van der Waals surface area contributed by atoms with Crippen molar-refractivity contribution in [2.45, 2.75) is 19.3 Å². The molecule has 4 heteroatoms. The standard InChI is InChI=1S/C91H62N4/c1-91(2)82-56-64(63-43-52-89-81(55-63)78-30-16-19-33-86(78)94(89)67-22-8-4-9-23-67)40-47-73(82)74-49-46-70(58-83(74)91)92(87-53-50-71(72-26-12-13-27-75(72)87)65-41-48-79-76-28-14-17-31-84(76)95(90(79)57-65)68-24-10-5-11-25-68)69-44-38-60(39-45-69)59-34-36-61(37-35-59)62-42-51-88-80(54-62)77-29-15-18-32-85(77)93(88)66-20-6-3-7-21-66/h3-58H,1-2H3. The lowest BCUT2D eigenvalue weighted by Crippen LogP contribution is -2.17. The van der Waals surface area contributed by atoms with Crippen molar-refractivity contribution in [2.24, 2.45) is 0 Å². The zero-order valence-corrected chi connectivity index (χ0v) is 52.6. The van der Waals surface area contributed by atoms with Gasteiger partial charge in [0.15, 0.2) is 0 Å². The fourth-order valence-electron chi connectivity index (χ4n) is 15.9. The number of fused-ring (bicyclic) bond motifs is 13. The number of benzene rings is 15. The van der Waals surface area contributed by atoms with Gasteiger partial charge in [-0.05, 0) is 193 Å². The van der Waals surface area contributed by atoms with Gasteiger partial charge >= 0.3 is 0 Å². The molecular weight excluding hydrogens is 1150 g/mol. The van der Waals surface area contributed by atoms with E-state index in [1.54, 1.807) is 0 Å². The van der Waals surface area contributed by atoms with E-state index in [1.807, 2.05) is 0 Å². The molecule has 0 bridgehead atoms. The Morgan fingerprint density at radius 1 is 0.221 bits per heavy atom. The van der Waals surface area contributed by atoms with Gasteiger partial charge < -0.3 is 18.6 Å². The van der Waals surface area contributed by atoms with Crippen molar-refractivity contribution in [3.05, 3.63) is 351 Å². The predicted molar refractivity (Wildman–Crippen MR) is 401 cm³/mol. The molecule has 0 amide bonds. The van der Waals surface area contributed by atoms with Crippen molar-refractivity contribution < 1.29 is 0 Å². The Bertz CT molecular complexity index is 6090. The van der Waals surface area contributed by atoms with E-state index >= 15 is 0 Å². The van der Waals surface area contributed by atoms with Crippen LogP contribution in [0.3, 0.4) is 0 Å². The second-order valence-electron chi connectivity index (χ2n) is 26.0. The van der Waals surface area contributed by atoms with Gasteiger partial charge in [0.2, 0.25) is 0 Å². The highest BCUT2D eigenvalue weighted by Crippen LogP contribution is 2.53. The van der Waals surface area contributed by atoms with Crippen molar-refractivity contribution in [1.82, 2.24) is 13.7 Å². The van der Waals surface area contributed by atoms with Crippen LogP contribution in [-0.2, 0) is 5.41 Å². The fourth-order valence-corrected chi connectivity index (χ4v) is 15.9. The SMILES string of the molecule is CC1(C)c2cc(-c3ccc4c(c3)c3ccccc3n4-c3ccccc3)ccc2-c2ccc(N(c3ccc(-c4ccc(-c5ccc6c(c5)c5ccccc5n6-c5ccccc5)cc4)cc3)c3ccc(-c4ccc5c6ccccc6n(-c6ccccc6)c5c4)c4ccccc34)cc21. The van der Waals surface area contributed by atoms with Gasteiger partial charge in [0.1, 0.15) is 0 Å². The molecule has 1 aliphatic rings. The van der Waals surface area contributed by atoms with Crippen molar-refractivity contribution in [3.8, 4) is 72.7 Å². The number of para-hydroxylation sites is 6. The minimum absolute atomic E-state index is 0.300. The number of nitrogens with zero attached hydrogens (tertiary/aromatic N) is 4. The summed E-state index contributed by atoms with van der Waals surface area (Å²) in [5, 5.41) is 9.86. The monoisotopic (exact) mass is 1210 g/mol. The molecule has 4 nitrogen and oxygen atoms in total. The van der Waals surface area contributed by atoms with Crippen LogP contribution in [-0.4, -0.2) is 13.7 Å². The summed E-state index contributed by atoms with van der Waals surface area (Å²) in [6.45, 7) is 4.82. The Hall–Kier alpha value is -12.2. The quantitative estimate of drug-likeness (QED) is 0.133. The summed E-state index contributed by atoms with van der Waals surface area (Å²) in [4.78, 5) is 2.49. The molecular formula is C91H62N4. The van der Waals surface area contributed by atoms with Crippen molar-refractivity contribution in [2.75, 3.05) is 4.90 Å². The Morgan fingerprint density at radius 2 is 0.579 bits per heavy atom. The van der Waals surface area contributed by atoms with E-state index in [1.165, 1.54) is 137 Å². The summed E-state index contributed by atoms with van der Waals surface area (Å²) < 4.78 is 7.18. The summed E-state index contributed by atoms with van der Waals surface area (Å²) in [5.74, 6) is 0. The number of rotatable bonds is 10. The lowest BCUT2D eigenvalue weighted by molar-refractivity contribution is 0.660. The number of hydrogen-bond donors (Lipinski definition) is 0. The van der Waals surface area contributed by atoms with Gasteiger partial charge in [-0.3, -0.25) is 0 Å². The highest BCUT2D eigenvalue weighted by atomic mass is 15.1. The summed E-state index contributed by atoms with van der Waals surface area (Å²) in [6.07, 6.45) is 0. The van der Waals surface area contributed by atoms with E-state index in [-0.39, 0.29) is 5.41 Å². The van der Waals surface area contributed by atoms with Gasteiger partial charge in [-0.25, -0.2) is 0 Å². The van der Waals surface area contributed by atoms with Crippen LogP contribution >= 0.6 is 0 Å². The molecule has 0 saturated carbocycles. The van der Waals surface area contributed by atoms with Crippen LogP contribution in [0.5, 0.6) is 0 Å². The average molecular weight is 1210 g/mol. The maximum Gasteiger partial charge on any atom is 0.0547 e. The summed E-state index contributed by atoms with van der Waals surface area (Å²) >= 11 is 0. The van der Waals surface area contributed by atoms with Crippen molar-refractivity contribution >= 4 is 93.3 Å². The first kappa shape index (κ1) is 54.5. The van der Waals surface area contributed by atoms with Gasteiger partial charge in [-0.1, -0.05) is 232 Å². The van der Waals surface area contributed by atoms with Crippen LogP contribution in [0.15, 0.2) is 340 Å². The Kier molecular flexibility index (Phi) is 12.3. The van der Waals surface area contributed by atoms with Crippen LogP contribution in [0.2, 0.25) is 0 Å². The van der Waals surface area contributed by atoms with E-state index in [0.29, 0.717) is 0 Å². The van der Waals surface area contributed by atoms with Gasteiger partial charge in [-0.2, -0.15) is 0 Å². The topological polar surface area (TPSA) is 18.0 Å². The minimum Gasteiger partial charge on any atom is -0.310 e. The van der Waals surface area contributed by atoms with Crippen LogP contribution < -0.4 is 4.90 Å². The molecule has 19 rings (SSSR count). The molecule has 446 valence electrons. The van der Waals surface area contributed by atoms with E-state index < -0.39 is 0 Å². The third-order valence-electron chi connectivity index (χ3n) is 20.4. The largest absolute Gasteiger partial charge is 0.310 e. The minimum atomic E-state index is -0.300. The molecule has 0 N–H and O–H groups in total. The van der Waals surface area contributed by atoms with Crippen LogP contribution in [0.1, 0.15) is 25.0 Å². The van der Waals surface area contributed by atoms with Gasteiger partial charge in [0, 0.05) is 71.6 Å². The third-order valence-corrected chi connectivity index (χ3v) is 20.4. The molecule has 0 radical (unpaired) electrons. The van der Waals surface area contributed by atoms with Gasteiger partial charge in [-0.15, -0.1) is 0 Å². The highest BCUT2D eigenvalue weighted by molar-refractivity contribution is 6.14. The lowest BCUT2D eigenvalue weighted by Gasteiger charge is -2.29. The molecule has 15 aromatic carbocycles. The Balaban J connectivity index is 0.711. The fraction of sp³-hybridized carbons (Fsp3) is 0.0330. The molecule has 0 unspecified atom stereocenters. The van der Waals surface area contributed by atoms with Crippen LogP contribution in [0.4, 0.5) is 17.1 Å². The Morgan fingerprint density at radius 3 is 1.14 bits per heavy atom. The Labute approximate surface area is 551 Å². The number of anilines is 3. The first-order valence-corrected chi connectivity index (χ1v) is 33.0.